The Bertz CT molecular complexity index is 874. The smallest absolute Gasteiger partial charge is 0.264 e. The normalized spacial score (nSPS) is 13.9. The first-order valence-corrected chi connectivity index (χ1v) is 12.2. The maximum absolute atomic E-state index is 12.9. The zero-order chi connectivity index (χ0) is 26.0. The van der Waals surface area contributed by atoms with Gasteiger partial charge in [-0.05, 0) is 31.9 Å². The average molecular weight is 505 g/mol. The fraction of sp³-hybridized carbons (Fsp3) is 0.538. The zero-order valence-electron chi connectivity index (χ0n) is 20.8. The summed E-state index contributed by atoms with van der Waals surface area (Å²) >= 11 is 0. The van der Waals surface area contributed by atoms with E-state index in [1.165, 1.54) is 0 Å². The lowest BCUT2D eigenvalue weighted by molar-refractivity contribution is -0.112. The van der Waals surface area contributed by atoms with Crippen LogP contribution in [0.2, 0.25) is 0 Å². The van der Waals surface area contributed by atoms with Crippen molar-refractivity contribution in [2.45, 2.75) is 32.2 Å². The van der Waals surface area contributed by atoms with Crippen LogP contribution in [0.3, 0.4) is 0 Å². The quantitative estimate of drug-likeness (QED) is 0.116. The van der Waals surface area contributed by atoms with Crippen LogP contribution in [0.5, 0.6) is 0 Å². The number of carbonyl (C=O) groups excluding carboxylic acids is 4. The van der Waals surface area contributed by atoms with E-state index >= 15 is 0 Å². The number of anilines is 1. The van der Waals surface area contributed by atoms with Crippen LogP contribution in [0.15, 0.2) is 30.4 Å². The highest BCUT2D eigenvalue weighted by molar-refractivity contribution is 6.24. The van der Waals surface area contributed by atoms with Gasteiger partial charge in [-0.3, -0.25) is 14.5 Å². The number of hydrogen-bond acceptors (Lipinski definition) is 9. The number of carbonyl (C=O) groups is 4. The van der Waals surface area contributed by atoms with Crippen LogP contribution in [-0.4, -0.2) is 94.7 Å². The molecular formula is C26H36N2O8. The number of ether oxygens (including phenoxy) is 4. The van der Waals surface area contributed by atoms with Gasteiger partial charge in [-0.1, -0.05) is 18.2 Å². The molecule has 1 aromatic rings. The van der Waals surface area contributed by atoms with Crippen molar-refractivity contribution < 1.29 is 38.1 Å². The molecule has 10 nitrogen and oxygen atoms in total. The first-order chi connectivity index (χ1) is 17.7. The van der Waals surface area contributed by atoms with Crippen LogP contribution in [-0.2, 0) is 28.5 Å². The molecule has 1 aliphatic rings. The van der Waals surface area contributed by atoms with Gasteiger partial charge >= 0.3 is 0 Å². The predicted molar refractivity (Wildman–Crippen MR) is 133 cm³/mol. The van der Waals surface area contributed by atoms with E-state index in [1.807, 2.05) is 13.0 Å². The molecule has 1 N–H and O–H groups in total. The molecule has 0 aliphatic carbocycles. The van der Waals surface area contributed by atoms with Gasteiger partial charge in [0.2, 0.25) is 0 Å². The number of amides is 2. The van der Waals surface area contributed by atoms with Crippen LogP contribution in [0.4, 0.5) is 5.69 Å². The van der Waals surface area contributed by atoms with Gasteiger partial charge in [0.25, 0.3) is 11.8 Å². The van der Waals surface area contributed by atoms with Gasteiger partial charge in [-0.25, -0.2) is 0 Å². The molecule has 2 amide bonds. The lowest BCUT2D eigenvalue weighted by Crippen LogP contribution is -2.41. The molecule has 0 saturated heterocycles. The molecule has 1 atom stereocenters. The molecule has 0 spiro atoms. The number of nitrogens with one attached hydrogen (secondary N) is 1. The van der Waals surface area contributed by atoms with Gasteiger partial charge in [-0.15, -0.1) is 0 Å². The molecule has 0 fully saturated rings. The number of aldehydes is 2. The van der Waals surface area contributed by atoms with E-state index in [2.05, 4.69) is 11.4 Å². The standard InChI is InChI=1S/C26H36N2O8/c1-2-3-4-12-33-14-16-35-18-19-36-17-15-34-13-10-27-23-9-5-8-22-24(23)26(32)28(25(22)31)21(20-30)7-6-11-29/h2-3,5,8-9,11,20-21,27H,4,6-7,10,12-19H2,1H3/b3-2+. The average Bonchev–Trinajstić information content (AvgIpc) is 3.15. The first kappa shape index (κ1) is 29.3. The number of hydrogen-bond donors (Lipinski definition) is 1. The summed E-state index contributed by atoms with van der Waals surface area (Å²) < 4.78 is 21.8. The molecule has 0 radical (unpaired) electrons. The SMILES string of the molecule is C/C=C/CCOCCOCCOCCOCCNc1cccc2c1C(=O)N(C(C=O)CCC=O)C2=O. The molecule has 1 heterocycles. The molecule has 1 unspecified atom stereocenters. The molecular weight excluding hydrogens is 468 g/mol. The molecule has 198 valence electrons. The van der Waals surface area contributed by atoms with E-state index in [1.54, 1.807) is 18.2 Å². The second kappa shape index (κ2) is 17.5. The number of benzene rings is 1. The Hall–Kier alpha value is -2.92. The molecule has 10 heteroatoms. The summed E-state index contributed by atoms with van der Waals surface area (Å²) in [6.07, 6.45) is 6.34. The third-order valence-corrected chi connectivity index (χ3v) is 5.36. The van der Waals surface area contributed by atoms with Crippen molar-refractivity contribution in [3.05, 3.63) is 41.5 Å². The molecule has 36 heavy (non-hydrogen) atoms. The van der Waals surface area contributed by atoms with E-state index in [0.29, 0.717) is 77.7 Å². The van der Waals surface area contributed by atoms with Crippen LogP contribution in [0.25, 0.3) is 0 Å². The summed E-state index contributed by atoms with van der Waals surface area (Å²) in [5, 5.41) is 3.12. The fourth-order valence-electron chi connectivity index (χ4n) is 3.59. The van der Waals surface area contributed by atoms with Gasteiger partial charge in [-0.2, -0.15) is 0 Å². The van der Waals surface area contributed by atoms with Gasteiger partial charge in [0.05, 0.1) is 70.0 Å². The number of fused-ring (bicyclic) bond motifs is 1. The third-order valence-electron chi connectivity index (χ3n) is 5.36. The topological polar surface area (TPSA) is 120 Å². The van der Waals surface area contributed by atoms with Crippen molar-refractivity contribution in [1.29, 1.82) is 0 Å². The monoisotopic (exact) mass is 504 g/mol. The Balaban J connectivity index is 1.61. The van der Waals surface area contributed by atoms with Crippen molar-refractivity contribution in [2.24, 2.45) is 0 Å². The molecule has 1 aromatic carbocycles. The van der Waals surface area contributed by atoms with Crippen LogP contribution in [0.1, 0.15) is 46.9 Å². The number of imide groups is 1. The van der Waals surface area contributed by atoms with Crippen molar-refractivity contribution >= 4 is 30.1 Å². The number of rotatable bonds is 21. The second-order valence-electron chi connectivity index (χ2n) is 7.89. The van der Waals surface area contributed by atoms with Crippen molar-refractivity contribution in [3.8, 4) is 0 Å². The van der Waals surface area contributed by atoms with Crippen molar-refractivity contribution in [1.82, 2.24) is 4.90 Å². The summed E-state index contributed by atoms with van der Waals surface area (Å²) in [4.78, 5) is 48.7. The molecule has 0 saturated carbocycles. The Labute approximate surface area is 211 Å². The van der Waals surface area contributed by atoms with Crippen LogP contribution < -0.4 is 5.32 Å². The molecule has 0 aromatic heterocycles. The summed E-state index contributed by atoms with van der Waals surface area (Å²) in [5.41, 5.74) is 0.961. The van der Waals surface area contributed by atoms with Gasteiger partial charge in [0.1, 0.15) is 12.6 Å². The summed E-state index contributed by atoms with van der Waals surface area (Å²) in [5.74, 6) is -1.08. The molecule has 0 bridgehead atoms. The van der Waals surface area contributed by atoms with E-state index in [9.17, 15) is 19.2 Å². The Morgan fingerprint density at radius 3 is 2.11 bits per heavy atom. The largest absolute Gasteiger partial charge is 0.382 e. The fourth-order valence-corrected chi connectivity index (χ4v) is 3.59. The van der Waals surface area contributed by atoms with Crippen LogP contribution >= 0.6 is 0 Å². The summed E-state index contributed by atoms with van der Waals surface area (Å²) in [6.45, 7) is 6.35. The lowest BCUT2D eigenvalue weighted by Gasteiger charge is -2.20. The maximum Gasteiger partial charge on any atom is 0.264 e. The highest BCUT2D eigenvalue weighted by Crippen LogP contribution is 2.31. The summed E-state index contributed by atoms with van der Waals surface area (Å²) in [7, 11) is 0. The molecule has 1 aliphatic heterocycles. The van der Waals surface area contributed by atoms with E-state index in [4.69, 9.17) is 18.9 Å². The minimum atomic E-state index is -0.967. The van der Waals surface area contributed by atoms with Crippen molar-refractivity contribution in [3.63, 3.8) is 0 Å². The van der Waals surface area contributed by atoms with Gasteiger partial charge in [0.15, 0.2) is 0 Å². The maximum atomic E-state index is 12.9. The Kier molecular flexibility index (Phi) is 14.2. The summed E-state index contributed by atoms with van der Waals surface area (Å²) in [6, 6.07) is 3.96. The van der Waals surface area contributed by atoms with E-state index < -0.39 is 17.9 Å². The minimum absolute atomic E-state index is 0.0856. The van der Waals surface area contributed by atoms with E-state index in [-0.39, 0.29) is 24.0 Å². The van der Waals surface area contributed by atoms with Crippen LogP contribution in [0, 0.1) is 0 Å². The Morgan fingerprint density at radius 1 is 0.861 bits per heavy atom. The predicted octanol–water partition coefficient (Wildman–Crippen LogP) is 2.27. The van der Waals surface area contributed by atoms with Gasteiger partial charge in [0, 0.05) is 18.7 Å². The lowest BCUT2D eigenvalue weighted by atomic mass is 10.1. The highest BCUT2D eigenvalue weighted by Gasteiger charge is 2.41. The Morgan fingerprint density at radius 2 is 1.50 bits per heavy atom. The van der Waals surface area contributed by atoms with E-state index in [0.717, 1.165) is 11.3 Å². The van der Waals surface area contributed by atoms with Crippen molar-refractivity contribution in [2.75, 3.05) is 64.7 Å². The molecule has 2 rings (SSSR count). The first-order valence-electron chi connectivity index (χ1n) is 12.2. The number of nitrogens with zero attached hydrogens (tertiary/aromatic N) is 1. The number of allylic oxidation sites excluding steroid dienone is 1. The highest BCUT2D eigenvalue weighted by atomic mass is 16.6. The third kappa shape index (κ3) is 9.27. The zero-order valence-corrected chi connectivity index (χ0v) is 20.8. The second-order valence-corrected chi connectivity index (χ2v) is 7.89. The van der Waals surface area contributed by atoms with Gasteiger partial charge < -0.3 is 33.9 Å². The minimum Gasteiger partial charge on any atom is -0.382 e.